The molecule has 0 aliphatic carbocycles. The Kier molecular flexibility index (Phi) is 3.72. The van der Waals surface area contributed by atoms with E-state index in [0.717, 1.165) is 0 Å². The van der Waals surface area contributed by atoms with E-state index in [-0.39, 0.29) is 6.17 Å². The van der Waals surface area contributed by atoms with Gasteiger partial charge >= 0.3 is 0 Å². The molecule has 25 heavy (non-hydrogen) atoms. The van der Waals surface area contributed by atoms with Crippen molar-refractivity contribution >= 4 is 22.9 Å². The number of fused-ring (bicyclic) bond motifs is 1. The molecule has 1 aliphatic rings. The number of hydrogen-bond acceptors (Lipinski definition) is 2. The first-order valence-corrected chi connectivity index (χ1v) is 8.78. The lowest BCUT2D eigenvalue weighted by atomic mass is 10.1. The third kappa shape index (κ3) is 2.39. The zero-order valence-electron chi connectivity index (χ0n) is 15.3. The molecular weight excluding hydrogens is 306 g/mol. The van der Waals surface area contributed by atoms with Crippen molar-refractivity contribution in [2.75, 3.05) is 9.80 Å². The van der Waals surface area contributed by atoms with Gasteiger partial charge in [-0.05, 0) is 50.1 Å². The second kappa shape index (κ2) is 5.92. The van der Waals surface area contributed by atoms with Crippen molar-refractivity contribution in [1.29, 1.82) is 0 Å². The predicted molar refractivity (Wildman–Crippen MR) is 104 cm³/mol. The summed E-state index contributed by atoms with van der Waals surface area (Å²) in [5.74, 6) is 1.19. The molecule has 0 fully saturated rings. The fourth-order valence-electron chi connectivity index (χ4n) is 3.96. The molecule has 0 spiro atoms. The van der Waals surface area contributed by atoms with Gasteiger partial charge in [0, 0.05) is 6.07 Å². The third-order valence-electron chi connectivity index (χ3n) is 5.10. The number of para-hydroxylation sites is 3. The van der Waals surface area contributed by atoms with E-state index >= 15 is 0 Å². The molecule has 3 nitrogen and oxygen atoms in total. The van der Waals surface area contributed by atoms with Gasteiger partial charge in [-0.1, -0.05) is 36.4 Å². The van der Waals surface area contributed by atoms with Gasteiger partial charge in [-0.3, -0.25) is 4.90 Å². The maximum atomic E-state index is 2.47. The van der Waals surface area contributed by atoms with Crippen LogP contribution >= 0.6 is 0 Å². The predicted octanol–water partition coefficient (Wildman–Crippen LogP) is 4.76. The van der Waals surface area contributed by atoms with Crippen molar-refractivity contribution in [2.24, 2.45) is 7.05 Å². The molecule has 1 aromatic heterocycles. The van der Waals surface area contributed by atoms with E-state index in [2.05, 4.69) is 109 Å². The lowest BCUT2D eigenvalue weighted by Crippen LogP contribution is -2.43. The first-order chi connectivity index (χ1) is 12.1. The van der Waals surface area contributed by atoms with Crippen LogP contribution in [-0.2, 0) is 7.05 Å². The summed E-state index contributed by atoms with van der Waals surface area (Å²) < 4.78 is 2.18. The summed E-state index contributed by atoms with van der Waals surface area (Å²) in [5, 5.41) is 0. The Morgan fingerprint density at radius 1 is 0.760 bits per heavy atom. The Morgan fingerprint density at radius 3 is 2.00 bits per heavy atom. The number of benzene rings is 2. The molecule has 0 N–H and O–H groups in total. The molecule has 0 bridgehead atoms. The van der Waals surface area contributed by atoms with E-state index in [1.54, 1.807) is 0 Å². The van der Waals surface area contributed by atoms with Crippen LogP contribution in [0.2, 0.25) is 0 Å². The average molecular weight is 330 g/mol. The second-order valence-electron chi connectivity index (χ2n) is 6.77. The number of aromatic nitrogens is 1. The minimum Gasteiger partial charge on any atom is -0.298 e. The monoisotopic (exact) mass is 330 g/mol. The molecule has 3 heteroatoms. The number of rotatable bonds is 2. The van der Waals surface area contributed by atoms with Gasteiger partial charge in [-0.25, -0.2) is 9.47 Å². The molecule has 4 rings (SSSR count). The van der Waals surface area contributed by atoms with Crippen molar-refractivity contribution in [3.05, 3.63) is 78.0 Å². The molecule has 2 heterocycles. The lowest BCUT2D eigenvalue weighted by molar-refractivity contribution is -0.658. The van der Waals surface area contributed by atoms with Gasteiger partial charge in [0.1, 0.15) is 0 Å². The first kappa shape index (κ1) is 15.7. The highest BCUT2D eigenvalue weighted by atomic mass is 15.4. The minimum atomic E-state index is 0.200. The summed E-state index contributed by atoms with van der Waals surface area (Å²) >= 11 is 0. The molecule has 2 aromatic carbocycles. The average Bonchev–Trinajstić information content (AvgIpc) is 2.88. The fraction of sp³-hybridized carbons (Fsp3) is 0.227. The summed E-state index contributed by atoms with van der Waals surface area (Å²) in [6.45, 7) is 6.67. The van der Waals surface area contributed by atoms with Crippen molar-refractivity contribution in [1.82, 2.24) is 0 Å². The smallest absolute Gasteiger partial charge is 0.283 e. The van der Waals surface area contributed by atoms with Gasteiger partial charge < -0.3 is 0 Å². The van der Waals surface area contributed by atoms with Gasteiger partial charge in [0.2, 0.25) is 0 Å². The second-order valence-corrected chi connectivity index (χ2v) is 6.77. The van der Waals surface area contributed by atoms with E-state index in [1.807, 2.05) is 0 Å². The van der Waals surface area contributed by atoms with Gasteiger partial charge in [0.25, 0.3) is 5.82 Å². The van der Waals surface area contributed by atoms with E-state index < -0.39 is 0 Å². The normalized spacial score (nSPS) is 16.2. The maximum absolute atomic E-state index is 2.47. The van der Waals surface area contributed by atoms with Gasteiger partial charge in [-0.2, -0.15) is 0 Å². The van der Waals surface area contributed by atoms with Crippen molar-refractivity contribution < 1.29 is 4.57 Å². The highest BCUT2D eigenvalue weighted by Gasteiger charge is 2.42. The Bertz CT molecular complexity index is 912. The van der Waals surface area contributed by atoms with Crippen molar-refractivity contribution in [3.8, 4) is 0 Å². The molecule has 0 saturated carbocycles. The third-order valence-corrected chi connectivity index (χ3v) is 5.10. The number of nitrogens with zero attached hydrogens (tertiary/aromatic N) is 3. The maximum Gasteiger partial charge on any atom is 0.283 e. The molecule has 0 radical (unpaired) electrons. The van der Waals surface area contributed by atoms with Gasteiger partial charge in [0.15, 0.2) is 11.9 Å². The Morgan fingerprint density at radius 2 is 1.36 bits per heavy atom. The first-order valence-electron chi connectivity index (χ1n) is 8.78. The van der Waals surface area contributed by atoms with Crippen LogP contribution in [0.15, 0.2) is 66.9 Å². The highest BCUT2D eigenvalue weighted by Crippen LogP contribution is 2.48. The molecule has 0 unspecified atom stereocenters. The van der Waals surface area contributed by atoms with Crippen LogP contribution in [0.1, 0.15) is 18.1 Å². The van der Waals surface area contributed by atoms with Crippen LogP contribution in [0.3, 0.4) is 0 Å². The molecule has 3 aromatic rings. The van der Waals surface area contributed by atoms with Crippen LogP contribution in [0.4, 0.5) is 22.9 Å². The number of pyridine rings is 1. The quantitative estimate of drug-likeness (QED) is 0.627. The SMILES string of the molecule is Cc1cccc(C)c1N1c2ccccc2N(c2cccc[n+]2C)[C@@H]1C. The van der Waals surface area contributed by atoms with Crippen LogP contribution in [0.5, 0.6) is 0 Å². The number of aryl methyl sites for hydroxylation is 3. The summed E-state index contributed by atoms with van der Waals surface area (Å²) in [4.78, 5) is 4.88. The highest BCUT2D eigenvalue weighted by molar-refractivity contribution is 5.88. The fourth-order valence-corrected chi connectivity index (χ4v) is 3.96. The van der Waals surface area contributed by atoms with Gasteiger partial charge in [-0.15, -0.1) is 0 Å². The van der Waals surface area contributed by atoms with Crippen LogP contribution in [-0.4, -0.2) is 6.17 Å². The van der Waals surface area contributed by atoms with Gasteiger partial charge in [0.05, 0.1) is 24.6 Å². The lowest BCUT2D eigenvalue weighted by Gasteiger charge is -2.28. The van der Waals surface area contributed by atoms with E-state index in [1.165, 1.54) is 34.0 Å². The molecule has 1 atom stereocenters. The Hall–Kier alpha value is -2.81. The molecule has 0 amide bonds. The molecule has 126 valence electrons. The minimum absolute atomic E-state index is 0.200. The number of hydrogen-bond donors (Lipinski definition) is 0. The standard InChI is InChI=1S/C22H24N3/c1-16-10-9-11-17(2)22(16)25-18(3)24(19-12-5-6-13-20(19)25)21-14-7-8-15-23(21)4/h5-15,18H,1-4H3/q+1/t18-/m0/s1. The Labute approximate surface area is 149 Å². The molecule has 0 saturated heterocycles. The largest absolute Gasteiger partial charge is 0.298 e. The van der Waals surface area contributed by atoms with Crippen molar-refractivity contribution in [3.63, 3.8) is 0 Å². The van der Waals surface area contributed by atoms with Crippen LogP contribution in [0.25, 0.3) is 0 Å². The van der Waals surface area contributed by atoms with E-state index in [9.17, 15) is 0 Å². The summed E-state index contributed by atoms with van der Waals surface area (Å²) in [6.07, 6.45) is 2.30. The summed E-state index contributed by atoms with van der Waals surface area (Å²) in [5.41, 5.74) is 6.43. The summed E-state index contributed by atoms with van der Waals surface area (Å²) in [6, 6.07) is 21.6. The zero-order valence-corrected chi connectivity index (χ0v) is 15.3. The van der Waals surface area contributed by atoms with E-state index in [0.29, 0.717) is 0 Å². The zero-order chi connectivity index (χ0) is 17.6. The van der Waals surface area contributed by atoms with E-state index in [4.69, 9.17) is 0 Å². The topological polar surface area (TPSA) is 10.4 Å². The van der Waals surface area contributed by atoms with Crippen LogP contribution < -0.4 is 14.4 Å². The van der Waals surface area contributed by atoms with Crippen LogP contribution in [0, 0.1) is 13.8 Å². The van der Waals surface area contributed by atoms with Crippen molar-refractivity contribution in [2.45, 2.75) is 26.9 Å². The molecule has 1 aliphatic heterocycles. The number of anilines is 4. The summed E-state index contributed by atoms with van der Waals surface area (Å²) in [7, 11) is 2.10. The Balaban J connectivity index is 1.93. The molecular formula is C22H24N3+.